The van der Waals surface area contributed by atoms with E-state index in [1.54, 1.807) is 0 Å². The van der Waals surface area contributed by atoms with Crippen molar-refractivity contribution in [1.82, 2.24) is 19.5 Å². The van der Waals surface area contributed by atoms with E-state index >= 15 is 0 Å². The number of fused-ring (bicyclic) bond motifs is 12. The van der Waals surface area contributed by atoms with Gasteiger partial charge in [0.15, 0.2) is 17.5 Å². The van der Waals surface area contributed by atoms with Gasteiger partial charge in [-0.3, -0.25) is 0 Å². The summed E-state index contributed by atoms with van der Waals surface area (Å²) in [4.78, 5) is 15.7. The molecule has 0 amide bonds. The van der Waals surface area contributed by atoms with Crippen LogP contribution in [-0.2, 0) is 5.41 Å². The Hall–Kier alpha value is -8.19. The minimum absolute atomic E-state index is 0.161. The number of aromatic nitrogens is 4. The molecule has 14 rings (SSSR count). The minimum atomic E-state index is -0.161. The van der Waals surface area contributed by atoms with Crippen LogP contribution in [0.2, 0.25) is 0 Å². The van der Waals surface area contributed by atoms with Crippen LogP contribution in [0.5, 0.6) is 0 Å². The summed E-state index contributed by atoms with van der Waals surface area (Å²) in [7, 11) is 0. The second kappa shape index (κ2) is 13.9. The predicted molar refractivity (Wildman–Crippen MR) is 274 cm³/mol. The van der Waals surface area contributed by atoms with Crippen LogP contribution >= 0.6 is 11.3 Å². The summed E-state index contributed by atoms with van der Waals surface area (Å²) in [6, 6.07) is 69.3. The minimum Gasteiger partial charge on any atom is -0.456 e. The lowest BCUT2D eigenvalue weighted by Gasteiger charge is -2.21. The Kier molecular flexibility index (Phi) is 7.84. The number of hydrogen-bond donors (Lipinski definition) is 0. The van der Waals surface area contributed by atoms with Gasteiger partial charge in [0.25, 0.3) is 0 Å². The van der Waals surface area contributed by atoms with Gasteiger partial charge in [-0.15, -0.1) is 11.3 Å². The molecule has 0 fully saturated rings. The number of para-hydroxylation sites is 2. The molecule has 310 valence electrons. The Morgan fingerprint density at radius 3 is 1.88 bits per heavy atom. The van der Waals surface area contributed by atoms with Gasteiger partial charge in [0.1, 0.15) is 11.2 Å². The average Bonchev–Trinajstić information content (AvgIpc) is 4.11. The molecule has 0 saturated heterocycles. The Morgan fingerprint density at radius 2 is 1.06 bits per heavy atom. The lowest BCUT2D eigenvalue weighted by Crippen LogP contribution is -2.15. The summed E-state index contributed by atoms with van der Waals surface area (Å²) in [5.74, 6) is 1.86. The molecule has 0 unspecified atom stereocenters. The highest BCUT2D eigenvalue weighted by atomic mass is 32.1. The van der Waals surface area contributed by atoms with E-state index in [4.69, 9.17) is 19.4 Å². The fourth-order valence-corrected chi connectivity index (χ4v) is 12.0. The van der Waals surface area contributed by atoms with Crippen molar-refractivity contribution in [2.75, 3.05) is 0 Å². The summed E-state index contributed by atoms with van der Waals surface area (Å²) in [6.45, 7) is 4.61. The van der Waals surface area contributed by atoms with Gasteiger partial charge in [-0.05, 0) is 81.9 Å². The van der Waals surface area contributed by atoms with Crippen molar-refractivity contribution in [3.63, 3.8) is 0 Å². The van der Waals surface area contributed by atoms with E-state index in [0.29, 0.717) is 17.5 Å². The molecule has 6 heteroatoms. The van der Waals surface area contributed by atoms with Crippen molar-refractivity contribution >= 4 is 75.3 Å². The monoisotopic (exact) mass is 862 g/mol. The van der Waals surface area contributed by atoms with E-state index in [2.05, 4.69) is 182 Å². The van der Waals surface area contributed by atoms with Crippen molar-refractivity contribution in [2.45, 2.75) is 19.3 Å². The molecule has 0 aliphatic heterocycles. The summed E-state index contributed by atoms with van der Waals surface area (Å²) in [5.41, 5.74) is 15.3. The van der Waals surface area contributed by atoms with Crippen LogP contribution in [-0.4, -0.2) is 19.5 Å². The van der Waals surface area contributed by atoms with Crippen LogP contribution in [0.15, 0.2) is 199 Å². The van der Waals surface area contributed by atoms with Gasteiger partial charge in [0.05, 0.1) is 21.4 Å². The quantitative estimate of drug-likeness (QED) is 0.173. The molecular formula is C60H38N4OS. The SMILES string of the molecule is CC1(C)c2ccccc2-c2ccc(-c3nc(-c4ccccc4)nc(-c4cccc5oc6ccc(-c7ccc(-n8c9ccccc9c9ccccc98)c8sc9ccccc9c78)cc6c45)n3)cc21. The third kappa shape index (κ3) is 5.36. The molecule has 0 saturated carbocycles. The number of nitrogens with zero attached hydrogens (tertiary/aromatic N) is 4. The standard InChI is InChI=1S/C60H38N4OS/c1-60(2)46-22-10-6-17-39(46)40-29-27-37(34-47(40)60)58-61-57(35-15-4-3-5-16-35)62-59(63-58)44-21-14-25-52-54(44)45-33-36(28-32-51(45)65-52)38-30-31-50(56-55(38)43-20-9-13-26-53(43)66-56)64-48-23-11-7-18-41(48)42-19-8-12-24-49(42)64/h3-34H,1-2H3. The third-order valence-electron chi connectivity index (χ3n) is 13.9. The molecule has 0 spiro atoms. The van der Waals surface area contributed by atoms with E-state index in [-0.39, 0.29) is 5.41 Å². The van der Waals surface area contributed by atoms with Crippen molar-refractivity contribution in [1.29, 1.82) is 0 Å². The van der Waals surface area contributed by atoms with Gasteiger partial charge < -0.3 is 8.98 Å². The Balaban J connectivity index is 0.969. The fraction of sp³-hybridized carbons (Fsp3) is 0.0500. The molecule has 5 nitrogen and oxygen atoms in total. The summed E-state index contributed by atoms with van der Waals surface area (Å²) in [6.07, 6.45) is 0. The maximum absolute atomic E-state index is 6.66. The van der Waals surface area contributed by atoms with Crippen molar-refractivity contribution in [2.24, 2.45) is 0 Å². The van der Waals surface area contributed by atoms with Gasteiger partial charge in [-0.25, -0.2) is 15.0 Å². The molecular weight excluding hydrogens is 825 g/mol. The highest BCUT2D eigenvalue weighted by molar-refractivity contribution is 7.26. The van der Waals surface area contributed by atoms with E-state index in [0.717, 1.165) is 44.2 Å². The Bertz CT molecular complexity index is 4100. The lowest BCUT2D eigenvalue weighted by atomic mass is 9.82. The van der Waals surface area contributed by atoms with Crippen LogP contribution in [0.1, 0.15) is 25.0 Å². The zero-order chi connectivity index (χ0) is 43.7. The fourth-order valence-electron chi connectivity index (χ4n) is 10.8. The molecule has 0 radical (unpaired) electrons. The first-order chi connectivity index (χ1) is 32.5. The molecule has 4 aromatic heterocycles. The number of hydrogen-bond acceptors (Lipinski definition) is 5. The van der Waals surface area contributed by atoms with Crippen LogP contribution < -0.4 is 0 Å². The van der Waals surface area contributed by atoms with E-state index < -0.39 is 0 Å². The van der Waals surface area contributed by atoms with Gasteiger partial charge in [0.2, 0.25) is 0 Å². The van der Waals surface area contributed by atoms with Gasteiger partial charge in [-0.1, -0.05) is 159 Å². The lowest BCUT2D eigenvalue weighted by molar-refractivity contribution is 0.660. The topological polar surface area (TPSA) is 56.7 Å². The Labute approximate surface area is 383 Å². The summed E-state index contributed by atoms with van der Waals surface area (Å²) in [5, 5.41) is 6.99. The third-order valence-corrected chi connectivity index (χ3v) is 15.1. The maximum atomic E-state index is 6.66. The van der Waals surface area contributed by atoms with Crippen molar-refractivity contribution in [3.05, 3.63) is 205 Å². The molecule has 0 bridgehead atoms. The molecule has 1 aliphatic carbocycles. The average molecular weight is 863 g/mol. The molecule has 4 heterocycles. The largest absolute Gasteiger partial charge is 0.456 e. The normalized spacial score (nSPS) is 13.1. The van der Waals surface area contributed by atoms with Crippen LogP contribution in [0.3, 0.4) is 0 Å². The molecule has 66 heavy (non-hydrogen) atoms. The van der Waals surface area contributed by atoms with Crippen LogP contribution in [0.25, 0.3) is 126 Å². The number of thiophene rings is 1. The molecule has 9 aromatic carbocycles. The zero-order valence-corrected chi connectivity index (χ0v) is 36.9. The first-order valence-corrected chi connectivity index (χ1v) is 23.2. The smallest absolute Gasteiger partial charge is 0.164 e. The second-order valence-corrected chi connectivity index (χ2v) is 19.0. The molecule has 13 aromatic rings. The first kappa shape index (κ1) is 37.2. The van der Waals surface area contributed by atoms with Gasteiger partial charge in [0, 0.05) is 59.1 Å². The summed E-state index contributed by atoms with van der Waals surface area (Å²) < 4.78 is 11.6. The van der Waals surface area contributed by atoms with Crippen LogP contribution in [0.4, 0.5) is 0 Å². The number of benzene rings is 9. The number of rotatable bonds is 5. The first-order valence-electron chi connectivity index (χ1n) is 22.4. The molecule has 1 aliphatic rings. The van der Waals surface area contributed by atoms with Crippen molar-refractivity contribution < 1.29 is 4.42 Å². The van der Waals surface area contributed by atoms with E-state index in [1.165, 1.54) is 75.5 Å². The zero-order valence-electron chi connectivity index (χ0n) is 36.1. The van der Waals surface area contributed by atoms with Gasteiger partial charge in [-0.2, -0.15) is 0 Å². The van der Waals surface area contributed by atoms with Crippen LogP contribution in [0, 0.1) is 0 Å². The predicted octanol–water partition coefficient (Wildman–Crippen LogP) is 16.2. The molecule has 0 N–H and O–H groups in total. The highest BCUT2D eigenvalue weighted by Gasteiger charge is 2.35. The van der Waals surface area contributed by atoms with Gasteiger partial charge >= 0.3 is 0 Å². The van der Waals surface area contributed by atoms with E-state index in [1.807, 2.05) is 41.7 Å². The van der Waals surface area contributed by atoms with E-state index in [9.17, 15) is 0 Å². The van der Waals surface area contributed by atoms with Crippen molar-refractivity contribution in [3.8, 4) is 62.1 Å². The second-order valence-electron chi connectivity index (χ2n) is 17.9. The number of furan rings is 1. The highest BCUT2D eigenvalue weighted by Crippen LogP contribution is 2.50. The summed E-state index contributed by atoms with van der Waals surface area (Å²) >= 11 is 1.86. The Morgan fingerprint density at radius 1 is 0.424 bits per heavy atom. The molecule has 0 atom stereocenters. The maximum Gasteiger partial charge on any atom is 0.164 e.